The van der Waals surface area contributed by atoms with Gasteiger partial charge in [-0.2, -0.15) is 0 Å². The van der Waals surface area contributed by atoms with E-state index in [2.05, 4.69) is 5.32 Å². The van der Waals surface area contributed by atoms with E-state index >= 15 is 0 Å². The van der Waals surface area contributed by atoms with E-state index in [0.29, 0.717) is 12.2 Å². The fourth-order valence-corrected chi connectivity index (χ4v) is 1.68. The number of aliphatic carboxylic acids is 1. The third-order valence-corrected chi connectivity index (χ3v) is 3.03. The van der Waals surface area contributed by atoms with Gasteiger partial charge in [-0.15, -0.1) is 0 Å². The van der Waals surface area contributed by atoms with Crippen molar-refractivity contribution in [1.82, 2.24) is 5.32 Å². The SMILES string of the molecule is CCC(NC(=O)C(C)c1ccc(OC)cc1)C(=O)O. The van der Waals surface area contributed by atoms with Crippen LogP contribution in [0, 0.1) is 0 Å². The van der Waals surface area contributed by atoms with Crippen LogP contribution in [0.2, 0.25) is 0 Å². The Morgan fingerprint density at radius 3 is 2.32 bits per heavy atom. The number of methoxy groups -OCH3 is 1. The summed E-state index contributed by atoms with van der Waals surface area (Å²) in [6.07, 6.45) is 0.358. The Balaban J connectivity index is 2.72. The van der Waals surface area contributed by atoms with Gasteiger partial charge in [-0.1, -0.05) is 19.1 Å². The van der Waals surface area contributed by atoms with Crippen molar-refractivity contribution in [3.63, 3.8) is 0 Å². The number of carbonyl (C=O) groups is 2. The fourth-order valence-electron chi connectivity index (χ4n) is 1.68. The maximum Gasteiger partial charge on any atom is 0.326 e. The predicted octanol–water partition coefficient (Wildman–Crippen LogP) is 1.78. The van der Waals surface area contributed by atoms with Crippen LogP contribution in [-0.4, -0.2) is 30.1 Å². The second kappa shape index (κ2) is 6.78. The van der Waals surface area contributed by atoms with Gasteiger partial charge in [-0.25, -0.2) is 4.79 Å². The Kier molecular flexibility index (Phi) is 5.36. The van der Waals surface area contributed by atoms with Crippen LogP contribution < -0.4 is 10.1 Å². The second-order valence-electron chi connectivity index (χ2n) is 4.30. The Hall–Kier alpha value is -2.04. The number of ether oxygens (including phenoxy) is 1. The minimum Gasteiger partial charge on any atom is -0.497 e. The molecule has 2 unspecified atom stereocenters. The molecular weight excluding hydrogens is 246 g/mol. The first-order chi connectivity index (χ1) is 8.99. The summed E-state index contributed by atoms with van der Waals surface area (Å²) in [5.74, 6) is -0.996. The van der Waals surface area contributed by atoms with Crippen molar-refractivity contribution in [1.29, 1.82) is 0 Å². The van der Waals surface area contributed by atoms with Crippen LogP contribution in [0.4, 0.5) is 0 Å². The first-order valence-corrected chi connectivity index (χ1v) is 6.16. The number of carboxylic acid groups (broad SMARTS) is 1. The first-order valence-electron chi connectivity index (χ1n) is 6.16. The van der Waals surface area contributed by atoms with Crippen molar-refractivity contribution in [3.05, 3.63) is 29.8 Å². The van der Waals surface area contributed by atoms with Crippen LogP contribution in [0.5, 0.6) is 5.75 Å². The highest BCUT2D eigenvalue weighted by atomic mass is 16.5. The highest BCUT2D eigenvalue weighted by Gasteiger charge is 2.22. The first kappa shape index (κ1) is 15.0. The highest BCUT2D eigenvalue weighted by molar-refractivity contribution is 5.87. The van der Waals surface area contributed by atoms with E-state index in [4.69, 9.17) is 9.84 Å². The van der Waals surface area contributed by atoms with Gasteiger partial charge >= 0.3 is 5.97 Å². The molecule has 0 aliphatic heterocycles. The van der Waals surface area contributed by atoms with E-state index in [0.717, 1.165) is 5.56 Å². The normalized spacial score (nSPS) is 13.4. The van der Waals surface area contributed by atoms with Crippen LogP contribution in [0.3, 0.4) is 0 Å². The number of amides is 1. The van der Waals surface area contributed by atoms with Crippen molar-refractivity contribution in [2.75, 3.05) is 7.11 Å². The molecule has 0 aromatic heterocycles. The molecular formula is C14H19NO4. The summed E-state index contributed by atoms with van der Waals surface area (Å²) >= 11 is 0. The lowest BCUT2D eigenvalue weighted by Gasteiger charge is -2.17. The standard InChI is InChI=1S/C14H19NO4/c1-4-12(14(17)18)15-13(16)9(2)10-5-7-11(19-3)8-6-10/h5-9,12H,4H2,1-3H3,(H,15,16)(H,17,18). The van der Waals surface area contributed by atoms with Gasteiger partial charge < -0.3 is 15.2 Å². The van der Waals surface area contributed by atoms with Gasteiger partial charge in [0.15, 0.2) is 0 Å². The molecule has 0 aliphatic carbocycles. The number of benzene rings is 1. The Bertz CT molecular complexity index is 441. The molecule has 0 radical (unpaired) electrons. The molecule has 5 nitrogen and oxygen atoms in total. The molecule has 0 saturated heterocycles. The lowest BCUT2D eigenvalue weighted by atomic mass is 9.99. The van der Waals surface area contributed by atoms with Crippen LogP contribution in [0.15, 0.2) is 24.3 Å². The summed E-state index contributed by atoms with van der Waals surface area (Å²) in [6.45, 7) is 3.46. The smallest absolute Gasteiger partial charge is 0.326 e. The zero-order chi connectivity index (χ0) is 14.4. The molecule has 0 saturated carbocycles. The van der Waals surface area contributed by atoms with Crippen molar-refractivity contribution in [2.24, 2.45) is 0 Å². The lowest BCUT2D eigenvalue weighted by Crippen LogP contribution is -2.42. The van der Waals surface area contributed by atoms with Crippen molar-refractivity contribution in [2.45, 2.75) is 32.2 Å². The summed E-state index contributed by atoms with van der Waals surface area (Å²) in [6, 6.07) is 6.30. The van der Waals surface area contributed by atoms with Crippen molar-refractivity contribution < 1.29 is 19.4 Å². The highest BCUT2D eigenvalue weighted by Crippen LogP contribution is 2.19. The number of rotatable bonds is 6. The molecule has 1 amide bonds. The fraction of sp³-hybridized carbons (Fsp3) is 0.429. The minimum absolute atomic E-state index is 0.292. The Morgan fingerprint density at radius 2 is 1.89 bits per heavy atom. The monoisotopic (exact) mass is 265 g/mol. The number of carbonyl (C=O) groups excluding carboxylic acids is 1. The van der Waals surface area contributed by atoms with E-state index in [9.17, 15) is 9.59 Å². The maximum atomic E-state index is 12.0. The van der Waals surface area contributed by atoms with Crippen LogP contribution in [0.25, 0.3) is 0 Å². The largest absolute Gasteiger partial charge is 0.497 e. The van der Waals surface area contributed by atoms with Gasteiger partial charge in [-0.05, 0) is 31.0 Å². The summed E-state index contributed by atoms with van der Waals surface area (Å²) in [7, 11) is 1.57. The van der Waals surface area contributed by atoms with Gasteiger partial charge in [0, 0.05) is 0 Å². The lowest BCUT2D eigenvalue weighted by molar-refractivity contribution is -0.142. The van der Waals surface area contributed by atoms with Crippen molar-refractivity contribution in [3.8, 4) is 5.75 Å². The molecule has 2 atom stereocenters. The molecule has 1 aromatic rings. The molecule has 0 spiro atoms. The molecule has 0 aliphatic rings. The molecule has 104 valence electrons. The summed E-state index contributed by atoms with van der Waals surface area (Å²) in [4.78, 5) is 22.8. The molecule has 0 fully saturated rings. The number of hydrogen-bond acceptors (Lipinski definition) is 3. The predicted molar refractivity (Wildman–Crippen MR) is 71.3 cm³/mol. The Morgan fingerprint density at radius 1 is 1.32 bits per heavy atom. The molecule has 19 heavy (non-hydrogen) atoms. The number of nitrogens with one attached hydrogen (secondary N) is 1. The molecule has 1 aromatic carbocycles. The van der Waals surface area contributed by atoms with E-state index in [1.165, 1.54) is 0 Å². The summed E-state index contributed by atoms with van der Waals surface area (Å²) in [5.41, 5.74) is 0.818. The number of hydrogen-bond donors (Lipinski definition) is 2. The van der Waals surface area contributed by atoms with Gasteiger partial charge in [0.05, 0.1) is 13.0 Å². The molecule has 0 bridgehead atoms. The summed E-state index contributed by atoms with van der Waals surface area (Å²) in [5, 5.41) is 11.4. The Labute approximate surface area is 112 Å². The number of carboxylic acids is 1. The van der Waals surface area contributed by atoms with Gasteiger partial charge in [0.25, 0.3) is 0 Å². The molecule has 0 heterocycles. The zero-order valence-corrected chi connectivity index (χ0v) is 11.3. The topological polar surface area (TPSA) is 75.6 Å². The average Bonchev–Trinajstić information content (AvgIpc) is 2.43. The van der Waals surface area contributed by atoms with Gasteiger partial charge in [0.1, 0.15) is 11.8 Å². The zero-order valence-electron chi connectivity index (χ0n) is 11.3. The molecule has 2 N–H and O–H groups in total. The molecule has 1 rings (SSSR count). The van der Waals surface area contributed by atoms with Gasteiger partial charge in [-0.3, -0.25) is 4.79 Å². The van der Waals surface area contributed by atoms with E-state index in [1.54, 1.807) is 45.2 Å². The summed E-state index contributed by atoms with van der Waals surface area (Å²) < 4.78 is 5.04. The van der Waals surface area contributed by atoms with E-state index in [1.807, 2.05) is 0 Å². The van der Waals surface area contributed by atoms with Crippen molar-refractivity contribution >= 4 is 11.9 Å². The van der Waals surface area contributed by atoms with Crippen LogP contribution in [0.1, 0.15) is 31.7 Å². The maximum absolute atomic E-state index is 12.0. The quantitative estimate of drug-likeness (QED) is 0.822. The van der Waals surface area contributed by atoms with Gasteiger partial charge in [0.2, 0.25) is 5.91 Å². The van der Waals surface area contributed by atoms with Crippen LogP contribution in [-0.2, 0) is 9.59 Å². The third-order valence-electron chi connectivity index (χ3n) is 3.03. The van der Waals surface area contributed by atoms with E-state index in [-0.39, 0.29) is 5.91 Å². The average molecular weight is 265 g/mol. The third kappa shape index (κ3) is 3.98. The molecule has 5 heteroatoms. The van der Waals surface area contributed by atoms with Crippen LogP contribution >= 0.6 is 0 Å². The minimum atomic E-state index is -1.02. The second-order valence-corrected chi connectivity index (χ2v) is 4.30. The van der Waals surface area contributed by atoms with E-state index < -0.39 is 17.9 Å².